The number of hydrogen-bond donors (Lipinski definition) is 2. The van der Waals surface area contributed by atoms with Crippen LogP contribution in [0.3, 0.4) is 0 Å². The van der Waals surface area contributed by atoms with E-state index in [-0.39, 0.29) is 11.9 Å². The fourth-order valence-electron chi connectivity index (χ4n) is 1.21. The topological polar surface area (TPSA) is 66.8 Å². The molecule has 0 unspecified atom stereocenters. The van der Waals surface area contributed by atoms with E-state index < -0.39 is 13.1 Å². The largest absolute Gasteiger partial charge is 0.488 e. The number of halogens is 1. The molecule has 80 valence electrons. The van der Waals surface area contributed by atoms with Crippen molar-refractivity contribution in [1.82, 2.24) is 0 Å². The first-order valence-electron chi connectivity index (χ1n) is 4.26. The maximum atomic E-state index is 11.0. The number of benzene rings is 1. The summed E-state index contributed by atoms with van der Waals surface area (Å²) >= 11 is 5.73. The first kappa shape index (κ1) is 12.0. The van der Waals surface area contributed by atoms with Crippen molar-refractivity contribution in [2.24, 2.45) is 0 Å². The summed E-state index contributed by atoms with van der Waals surface area (Å²) in [6, 6.07) is 4.50. The Morgan fingerprint density at radius 2 is 2.20 bits per heavy atom. The molecular formula is C9H10BClO4. The lowest BCUT2D eigenvalue weighted by atomic mass is 9.76. The van der Waals surface area contributed by atoms with E-state index >= 15 is 0 Å². The number of methoxy groups -OCH3 is 1. The Bertz CT molecular complexity index is 367. The molecule has 0 aromatic heterocycles. The Balaban J connectivity index is 3.02. The van der Waals surface area contributed by atoms with E-state index in [9.17, 15) is 4.79 Å². The number of rotatable bonds is 3. The number of ether oxygens (including phenoxy) is 1. The van der Waals surface area contributed by atoms with Gasteiger partial charge in [0.25, 0.3) is 0 Å². The zero-order valence-corrected chi connectivity index (χ0v) is 8.86. The molecule has 1 aromatic carbocycles. The second kappa shape index (κ2) is 5.16. The first-order valence-corrected chi connectivity index (χ1v) is 4.63. The van der Waals surface area contributed by atoms with Crippen molar-refractivity contribution in [3.63, 3.8) is 0 Å². The summed E-state index contributed by atoms with van der Waals surface area (Å²) in [7, 11) is -0.357. The molecule has 0 heterocycles. The van der Waals surface area contributed by atoms with Crippen LogP contribution in [-0.2, 0) is 16.0 Å². The van der Waals surface area contributed by atoms with E-state index in [0.29, 0.717) is 10.6 Å². The van der Waals surface area contributed by atoms with Crippen LogP contribution in [0, 0.1) is 0 Å². The monoisotopic (exact) mass is 228 g/mol. The third-order valence-corrected chi connectivity index (χ3v) is 2.18. The molecule has 4 nitrogen and oxygen atoms in total. The highest BCUT2D eigenvalue weighted by atomic mass is 35.5. The van der Waals surface area contributed by atoms with Gasteiger partial charge in [0, 0.05) is 5.02 Å². The van der Waals surface area contributed by atoms with E-state index in [0.717, 1.165) is 0 Å². The minimum absolute atomic E-state index is 0.0377. The molecule has 0 atom stereocenters. The van der Waals surface area contributed by atoms with Crippen LogP contribution in [0.4, 0.5) is 0 Å². The van der Waals surface area contributed by atoms with Gasteiger partial charge in [0.15, 0.2) is 0 Å². The summed E-state index contributed by atoms with van der Waals surface area (Å²) in [5, 5.41) is 18.5. The predicted molar refractivity (Wildman–Crippen MR) is 57.0 cm³/mol. The fourth-order valence-corrected chi connectivity index (χ4v) is 1.40. The van der Waals surface area contributed by atoms with Crippen LogP contribution in [-0.4, -0.2) is 30.2 Å². The van der Waals surface area contributed by atoms with Crippen LogP contribution >= 0.6 is 11.6 Å². The normalized spacial score (nSPS) is 9.87. The highest BCUT2D eigenvalue weighted by molar-refractivity contribution is 6.59. The Hall–Kier alpha value is -1.04. The van der Waals surface area contributed by atoms with E-state index in [1.807, 2.05) is 0 Å². The summed E-state index contributed by atoms with van der Waals surface area (Å²) in [5.41, 5.74) is 0.703. The van der Waals surface area contributed by atoms with Gasteiger partial charge in [-0.2, -0.15) is 0 Å². The zero-order valence-electron chi connectivity index (χ0n) is 8.11. The Kier molecular flexibility index (Phi) is 4.14. The quantitative estimate of drug-likeness (QED) is 0.552. The van der Waals surface area contributed by atoms with Crippen molar-refractivity contribution < 1.29 is 19.6 Å². The van der Waals surface area contributed by atoms with Gasteiger partial charge in [0.2, 0.25) is 0 Å². The number of hydrogen-bond acceptors (Lipinski definition) is 4. The second-order valence-electron chi connectivity index (χ2n) is 2.97. The van der Waals surface area contributed by atoms with Crippen molar-refractivity contribution in [2.75, 3.05) is 7.11 Å². The fraction of sp³-hybridized carbons (Fsp3) is 0.222. The minimum Gasteiger partial charge on any atom is -0.469 e. The summed E-state index contributed by atoms with van der Waals surface area (Å²) in [6.07, 6.45) is -0.0377. The molecule has 6 heteroatoms. The molecule has 0 saturated heterocycles. The van der Waals surface area contributed by atoms with Gasteiger partial charge in [-0.05, 0) is 23.2 Å². The number of carbonyl (C=O) groups is 1. The highest BCUT2D eigenvalue weighted by Crippen LogP contribution is 2.10. The summed E-state index contributed by atoms with van der Waals surface area (Å²) in [5.74, 6) is -0.459. The lowest BCUT2D eigenvalue weighted by Crippen LogP contribution is -2.33. The van der Waals surface area contributed by atoms with Gasteiger partial charge in [0.05, 0.1) is 13.5 Å². The van der Waals surface area contributed by atoms with Crippen molar-refractivity contribution >= 4 is 30.2 Å². The molecule has 0 aliphatic heterocycles. The molecule has 0 bridgehead atoms. The van der Waals surface area contributed by atoms with Gasteiger partial charge in [0.1, 0.15) is 0 Å². The average Bonchev–Trinajstić information content (AvgIpc) is 2.17. The molecule has 1 rings (SSSR count). The number of carbonyl (C=O) groups excluding carboxylic acids is 1. The molecule has 1 aromatic rings. The molecule has 0 saturated carbocycles. The van der Waals surface area contributed by atoms with E-state index in [2.05, 4.69) is 4.74 Å². The maximum Gasteiger partial charge on any atom is 0.488 e. The predicted octanol–water partition coefficient (Wildman–Crippen LogP) is -0.265. The average molecular weight is 228 g/mol. The van der Waals surface area contributed by atoms with Gasteiger partial charge in [-0.25, -0.2) is 0 Å². The molecule has 0 fully saturated rings. The van der Waals surface area contributed by atoms with Crippen molar-refractivity contribution in [3.8, 4) is 0 Å². The van der Waals surface area contributed by atoms with Crippen LogP contribution in [0.5, 0.6) is 0 Å². The van der Waals surface area contributed by atoms with E-state index in [4.69, 9.17) is 21.6 Å². The van der Waals surface area contributed by atoms with Crippen LogP contribution in [0.15, 0.2) is 18.2 Å². The molecule has 0 amide bonds. The van der Waals surface area contributed by atoms with Crippen molar-refractivity contribution in [3.05, 3.63) is 28.8 Å². The summed E-state index contributed by atoms with van der Waals surface area (Å²) in [6.45, 7) is 0. The van der Waals surface area contributed by atoms with Crippen molar-refractivity contribution in [1.29, 1.82) is 0 Å². The highest BCUT2D eigenvalue weighted by Gasteiger charge is 2.18. The Morgan fingerprint density at radius 3 is 2.73 bits per heavy atom. The van der Waals surface area contributed by atoms with Crippen LogP contribution in [0.25, 0.3) is 0 Å². The van der Waals surface area contributed by atoms with Crippen LogP contribution < -0.4 is 5.46 Å². The van der Waals surface area contributed by atoms with Gasteiger partial charge in [-0.3, -0.25) is 4.79 Å². The van der Waals surface area contributed by atoms with Gasteiger partial charge >= 0.3 is 13.1 Å². The second-order valence-corrected chi connectivity index (χ2v) is 3.41. The molecule has 0 spiro atoms. The van der Waals surface area contributed by atoms with Crippen LogP contribution in [0.2, 0.25) is 5.02 Å². The third kappa shape index (κ3) is 3.23. The molecule has 15 heavy (non-hydrogen) atoms. The SMILES string of the molecule is COC(=O)Cc1cc(Cl)ccc1B(O)O. The Morgan fingerprint density at radius 1 is 1.53 bits per heavy atom. The van der Waals surface area contributed by atoms with E-state index in [1.165, 1.54) is 25.3 Å². The summed E-state index contributed by atoms with van der Waals surface area (Å²) in [4.78, 5) is 11.0. The lowest BCUT2D eigenvalue weighted by Gasteiger charge is -2.08. The molecule has 0 aliphatic carbocycles. The third-order valence-electron chi connectivity index (χ3n) is 1.95. The van der Waals surface area contributed by atoms with Gasteiger partial charge in [-0.15, -0.1) is 0 Å². The van der Waals surface area contributed by atoms with Crippen LogP contribution in [0.1, 0.15) is 5.56 Å². The summed E-state index contributed by atoms with van der Waals surface area (Å²) < 4.78 is 4.48. The van der Waals surface area contributed by atoms with Crippen molar-refractivity contribution in [2.45, 2.75) is 6.42 Å². The molecule has 0 radical (unpaired) electrons. The maximum absolute atomic E-state index is 11.0. The van der Waals surface area contributed by atoms with Gasteiger partial charge in [-0.1, -0.05) is 17.7 Å². The smallest absolute Gasteiger partial charge is 0.469 e. The zero-order chi connectivity index (χ0) is 11.4. The van der Waals surface area contributed by atoms with E-state index in [1.54, 1.807) is 0 Å². The Labute approximate surface area is 92.6 Å². The molecule has 0 aliphatic rings. The lowest BCUT2D eigenvalue weighted by molar-refractivity contribution is -0.139. The minimum atomic E-state index is -1.62. The first-order chi connectivity index (χ1) is 7.04. The molecule has 2 N–H and O–H groups in total. The van der Waals surface area contributed by atoms with Gasteiger partial charge < -0.3 is 14.8 Å². The standard InChI is InChI=1S/C9H10BClO4/c1-15-9(12)5-6-4-7(11)2-3-8(6)10(13)14/h2-4,13-14H,5H2,1H3. The number of esters is 1. The molecular weight excluding hydrogens is 218 g/mol.